The van der Waals surface area contributed by atoms with Gasteiger partial charge in [0, 0.05) is 24.0 Å². The number of piperidine rings is 1. The number of rotatable bonds is 3. The van der Waals surface area contributed by atoms with Crippen LogP contribution in [0, 0.1) is 11.7 Å². The van der Waals surface area contributed by atoms with Crippen molar-refractivity contribution in [1.82, 2.24) is 10.2 Å². The highest BCUT2D eigenvalue weighted by atomic mass is 35.5. The third-order valence-electron chi connectivity index (χ3n) is 4.20. The lowest BCUT2D eigenvalue weighted by atomic mass is 9.94. The molecule has 2 rings (SSSR count). The molecule has 1 aromatic carbocycles. The van der Waals surface area contributed by atoms with Gasteiger partial charge in [-0.2, -0.15) is 0 Å². The maximum absolute atomic E-state index is 13.1. The zero-order valence-corrected chi connectivity index (χ0v) is 13.6. The minimum atomic E-state index is -0.417. The molecule has 0 aliphatic carbocycles. The molecule has 22 heavy (non-hydrogen) atoms. The standard InChI is InChI=1S/C16H22ClFN2O2/c1-10(14-6-5-13(18)8-15(14)17)19-16(22)20-7-3-4-12(9-20)11(2)21/h5-6,8,10-12,21H,3-4,7,9H2,1-2H3,(H,19,22). The van der Waals surface area contributed by atoms with Crippen LogP contribution in [0.25, 0.3) is 0 Å². The predicted molar refractivity (Wildman–Crippen MR) is 84.3 cm³/mol. The summed E-state index contributed by atoms with van der Waals surface area (Å²) in [4.78, 5) is 14.1. The van der Waals surface area contributed by atoms with Crippen molar-refractivity contribution in [1.29, 1.82) is 0 Å². The lowest BCUT2D eigenvalue weighted by Gasteiger charge is -2.34. The average molecular weight is 329 g/mol. The Morgan fingerprint density at radius 3 is 2.86 bits per heavy atom. The summed E-state index contributed by atoms with van der Waals surface area (Å²) in [5, 5.41) is 12.9. The molecule has 1 aliphatic rings. The molecule has 0 aromatic heterocycles. The van der Waals surface area contributed by atoms with Crippen LogP contribution in [-0.4, -0.2) is 35.2 Å². The summed E-state index contributed by atoms with van der Waals surface area (Å²) in [6.45, 7) is 4.80. The first-order valence-corrected chi connectivity index (χ1v) is 7.94. The summed E-state index contributed by atoms with van der Waals surface area (Å²) in [5.74, 6) is -0.285. The van der Waals surface area contributed by atoms with Gasteiger partial charge in [-0.25, -0.2) is 9.18 Å². The Labute approximate surface area is 135 Å². The van der Waals surface area contributed by atoms with Gasteiger partial charge in [0.05, 0.1) is 12.1 Å². The number of halogens is 2. The van der Waals surface area contributed by atoms with Gasteiger partial charge >= 0.3 is 6.03 Å². The fourth-order valence-electron chi connectivity index (χ4n) is 2.80. The number of hydrogen-bond acceptors (Lipinski definition) is 2. The highest BCUT2D eigenvalue weighted by molar-refractivity contribution is 6.31. The number of aliphatic hydroxyl groups excluding tert-OH is 1. The molecule has 1 fully saturated rings. The molecule has 1 aromatic rings. The lowest BCUT2D eigenvalue weighted by molar-refractivity contribution is 0.0734. The molecule has 4 nitrogen and oxygen atoms in total. The van der Waals surface area contributed by atoms with Crippen LogP contribution in [-0.2, 0) is 0 Å². The van der Waals surface area contributed by atoms with Crippen LogP contribution in [0.15, 0.2) is 18.2 Å². The Hall–Kier alpha value is -1.33. The maximum atomic E-state index is 13.1. The van der Waals surface area contributed by atoms with E-state index in [9.17, 15) is 14.3 Å². The van der Waals surface area contributed by atoms with E-state index >= 15 is 0 Å². The normalized spacial score (nSPS) is 21.3. The average Bonchev–Trinajstić information content (AvgIpc) is 2.47. The zero-order chi connectivity index (χ0) is 16.3. The van der Waals surface area contributed by atoms with Crippen molar-refractivity contribution in [2.45, 2.75) is 38.8 Å². The Kier molecular flexibility index (Phi) is 5.64. The van der Waals surface area contributed by atoms with Crippen molar-refractivity contribution < 1.29 is 14.3 Å². The number of carbonyl (C=O) groups excluding carboxylic acids is 1. The number of hydrogen-bond donors (Lipinski definition) is 2. The van der Waals surface area contributed by atoms with Crippen molar-refractivity contribution in [3.63, 3.8) is 0 Å². The first-order valence-electron chi connectivity index (χ1n) is 7.57. The van der Waals surface area contributed by atoms with Gasteiger partial charge in [0.1, 0.15) is 5.82 Å². The molecular formula is C16H22ClFN2O2. The second kappa shape index (κ2) is 7.29. The first-order chi connectivity index (χ1) is 10.4. The zero-order valence-electron chi connectivity index (χ0n) is 12.9. The van der Waals surface area contributed by atoms with E-state index in [4.69, 9.17) is 11.6 Å². The number of urea groups is 1. The van der Waals surface area contributed by atoms with Crippen molar-refractivity contribution in [3.05, 3.63) is 34.6 Å². The highest BCUT2D eigenvalue weighted by Gasteiger charge is 2.27. The number of benzene rings is 1. The van der Waals surface area contributed by atoms with Gasteiger partial charge in [-0.1, -0.05) is 17.7 Å². The van der Waals surface area contributed by atoms with Gasteiger partial charge < -0.3 is 15.3 Å². The smallest absolute Gasteiger partial charge is 0.317 e. The number of amides is 2. The minimum Gasteiger partial charge on any atom is -0.393 e. The molecular weight excluding hydrogens is 307 g/mol. The van der Waals surface area contributed by atoms with E-state index in [1.54, 1.807) is 17.9 Å². The van der Waals surface area contributed by atoms with Crippen molar-refractivity contribution in [2.24, 2.45) is 5.92 Å². The topological polar surface area (TPSA) is 52.6 Å². The number of nitrogens with zero attached hydrogens (tertiary/aromatic N) is 1. The van der Waals surface area contributed by atoms with E-state index in [0.29, 0.717) is 23.7 Å². The van der Waals surface area contributed by atoms with Gasteiger partial charge in [-0.05, 0) is 44.4 Å². The summed E-state index contributed by atoms with van der Waals surface area (Å²) >= 11 is 6.02. The van der Waals surface area contributed by atoms with Gasteiger partial charge in [-0.3, -0.25) is 0 Å². The molecule has 0 spiro atoms. The largest absolute Gasteiger partial charge is 0.393 e. The molecule has 3 atom stereocenters. The van der Waals surface area contributed by atoms with Crippen LogP contribution >= 0.6 is 11.6 Å². The number of likely N-dealkylation sites (tertiary alicyclic amines) is 1. The van der Waals surface area contributed by atoms with E-state index in [2.05, 4.69) is 5.32 Å². The quantitative estimate of drug-likeness (QED) is 0.894. The van der Waals surface area contributed by atoms with E-state index in [0.717, 1.165) is 12.8 Å². The van der Waals surface area contributed by atoms with Gasteiger partial charge in [0.15, 0.2) is 0 Å². The number of carbonyl (C=O) groups is 1. The van der Waals surface area contributed by atoms with E-state index in [1.807, 2.05) is 6.92 Å². The van der Waals surface area contributed by atoms with Crippen molar-refractivity contribution >= 4 is 17.6 Å². The monoisotopic (exact) mass is 328 g/mol. The first kappa shape index (κ1) is 17.0. The Bertz CT molecular complexity index is 539. The predicted octanol–water partition coefficient (Wildman–Crippen LogP) is 3.34. The van der Waals surface area contributed by atoms with Crippen LogP contribution in [0.3, 0.4) is 0 Å². The fourth-order valence-corrected chi connectivity index (χ4v) is 3.13. The molecule has 0 radical (unpaired) electrons. The molecule has 1 saturated heterocycles. The molecule has 1 aliphatic heterocycles. The van der Waals surface area contributed by atoms with Crippen LogP contribution in [0.2, 0.25) is 5.02 Å². The van der Waals surface area contributed by atoms with Gasteiger partial charge in [0.25, 0.3) is 0 Å². The van der Waals surface area contributed by atoms with Gasteiger partial charge in [-0.15, -0.1) is 0 Å². The van der Waals surface area contributed by atoms with E-state index in [1.165, 1.54) is 12.1 Å². The van der Waals surface area contributed by atoms with E-state index in [-0.39, 0.29) is 18.0 Å². The third-order valence-corrected chi connectivity index (χ3v) is 4.52. The summed E-state index contributed by atoms with van der Waals surface area (Å²) < 4.78 is 13.1. The summed E-state index contributed by atoms with van der Waals surface area (Å²) in [5.41, 5.74) is 0.681. The molecule has 3 unspecified atom stereocenters. The molecule has 0 saturated carbocycles. The van der Waals surface area contributed by atoms with Crippen molar-refractivity contribution in [2.75, 3.05) is 13.1 Å². The second-order valence-electron chi connectivity index (χ2n) is 5.93. The maximum Gasteiger partial charge on any atom is 0.317 e. The van der Waals surface area contributed by atoms with Crippen LogP contribution < -0.4 is 5.32 Å². The van der Waals surface area contributed by atoms with Crippen molar-refractivity contribution in [3.8, 4) is 0 Å². The highest BCUT2D eigenvalue weighted by Crippen LogP contribution is 2.25. The third kappa shape index (κ3) is 4.11. The number of nitrogens with one attached hydrogen (secondary N) is 1. The molecule has 0 bridgehead atoms. The van der Waals surface area contributed by atoms with Crippen LogP contribution in [0.4, 0.5) is 9.18 Å². The number of aliphatic hydroxyl groups is 1. The van der Waals surface area contributed by atoms with E-state index < -0.39 is 11.9 Å². The van der Waals surface area contributed by atoms with Gasteiger partial charge in [0.2, 0.25) is 0 Å². The summed E-state index contributed by atoms with van der Waals surface area (Å²) in [7, 11) is 0. The molecule has 2 amide bonds. The Balaban J connectivity index is 1.98. The minimum absolute atomic E-state index is 0.115. The molecule has 122 valence electrons. The Morgan fingerprint density at radius 1 is 1.50 bits per heavy atom. The van der Waals surface area contributed by atoms with Crippen LogP contribution in [0.1, 0.15) is 38.3 Å². The summed E-state index contributed by atoms with van der Waals surface area (Å²) in [6.07, 6.45) is 1.40. The summed E-state index contributed by atoms with van der Waals surface area (Å²) in [6, 6.07) is 3.65. The SMILES string of the molecule is CC(NC(=O)N1CCCC(C(C)O)C1)c1ccc(F)cc1Cl. The Morgan fingerprint density at radius 2 is 2.23 bits per heavy atom. The fraction of sp³-hybridized carbons (Fsp3) is 0.562. The molecule has 1 heterocycles. The molecule has 6 heteroatoms. The second-order valence-corrected chi connectivity index (χ2v) is 6.33. The lowest BCUT2D eigenvalue weighted by Crippen LogP contribution is -2.47. The van der Waals surface area contributed by atoms with Crippen LogP contribution in [0.5, 0.6) is 0 Å². The molecule has 2 N–H and O–H groups in total.